The Balaban J connectivity index is 2.28. The Labute approximate surface area is 99.9 Å². The second-order valence-electron chi connectivity index (χ2n) is 3.17. The Morgan fingerprint density at radius 2 is 2.29 bits per heavy atom. The van der Waals surface area contributed by atoms with Crippen molar-refractivity contribution in [3.63, 3.8) is 0 Å². The summed E-state index contributed by atoms with van der Waals surface area (Å²) in [6.07, 6.45) is 3.03. The Hall–Kier alpha value is -2.02. The van der Waals surface area contributed by atoms with Crippen molar-refractivity contribution in [2.24, 2.45) is 7.05 Å². The Kier molecular flexibility index (Phi) is 3.01. The van der Waals surface area contributed by atoms with Crippen LogP contribution in [0.25, 0.3) is 0 Å². The molecule has 0 unspecified atom stereocenters. The van der Waals surface area contributed by atoms with Crippen LogP contribution in [0.5, 0.6) is 0 Å². The van der Waals surface area contributed by atoms with Gasteiger partial charge < -0.3 is 14.1 Å². The fourth-order valence-corrected chi connectivity index (χ4v) is 1.93. The van der Waals surface area contributed by atoms with Gasteiger partial charge in [0.1, 0.15) is 0 Å². The van der Waals surface area contributed by atoms with Gasteiger partial charge in [0, 0.05) is 19.4 Å². The zero-order chi connectivity index (χ0) is 12.4. The van der Waals surface area contributed by atoms with Gasteiger partial charge >= 0.3 is 5.97 Å². The molecule has 7 heteroatoms. The third kappa shape index (κ3) is 2.39. The first kappa shape index (κ1) is 11.5. The van der Waals surface area contributed by atoms with Crippen LogP contribution in [-0.2, 0) is 7.05 Å². The molecule has 0 radical (unpaired) electrons. The van der Waals surface area contributed by atoms with Gasteiger partial charge in [-0.1, -0.05) is 0 Å². The molecule has 0 spiro atoms. The number of aromatic carboxylic acids is 1. The van der Waals surface area contributed by atoms with E-state index >= 15 is 0 Å². The van der Waals surface area contributed by atoms with Crippen LogP contribution >= 0.6 is 11.8 Å². The number of aryl methyl sites for hydroxylation is 1. The van der Waals surface area contributed by atoms with E-state index in [9.17, 15) is 9.59 Å². The molecule has 0 aliphatic carbocycles. The molecule has 0 aliphatic heterocycles. The molecule has 0 saturated heterocycles. The molecule has 6 nitrogen and oxygen atoms in total. The molecule has 0 amide bonds. The number of carboxylic acid groups (broad SMARTS) is 1. The molecule has 17 heavy (non-hydrogen) atoms. The summed E-state index contributed by atoms with van der Waals surface area (Å²) in [5, 5.41) is 9.23. The maximum Gasteiger partial charge on any atom is 0.371 e. The Morgan fingerprint density at radius 3 is 2.94 bits per heavy atom. The average molecular weight is 252 g/mol. The van der Waals surface area contributed by atoms with Crippen LogP contribution in [0.3, 0.4) is 0 Å². The van der Waals surface area contributed by atoms with Crippen LogP contribution in [0, 0.1) is 0 Å². The first-order valence-corrected chi connectivity index (χ1v) is 5.42. The highest BCUT2D eigenvalue weighted by Crippen LogP contribution is 2.25. The summed E-state index contributed by atoms with van der Waals surface area (Å²) in [4.78, 5) is 26.1. The number of aromatic nitrogens is 2. The second-order valence-corrected chi connectivity index (χ2v) is 4.17. The molecule has 1 N–H and O–H groups in total. The van der Waals surface area contributed by atoms with Crippen LogP contribution in [0.15, 0.2) is 43.9 Å². The number of carbonyl (C=O) groups is 1. The van der Waals surface area contributed by atoms with Gasteiger partial charge in [-0.3, -0.25) is 4.79 Å². The van der Waals surface area contributed by atoms with Crippen molar-refractivity contribution < 1.29 is 14.3 Å². The van der Waals surface area contributed by atoms with Crippen LogP contribution in [0.1, 0.15) is 10.6 Å². The summed E-state index contributed by atoms with van der Waals surface area (Å²) in [5.74, 6) is -1.31. The molecule has 2 aromatic heterocycles. The van der Waals surface area contributed by atoms with Crippen LogP contribution in [0.4, 0.5) is 0 Å². The summed E-state index contributed by atoms with van der Waals surface area (Å²) < 4.78 is 6.40. The van der Waals surface area contributed by atoms with Crippen molar-refractivity contribution in [2.75, 3.05) is 0 Å². The predicted octanol–water partition coefficient (Wildman–Crippen LogP) is 1.22. The van der Waals surface area contributed by atoms with E-state index in [1.165, 1.54) is 29.1 Å². The molecule has 2 aromatic rings. The summed E-state index contributed by atoms with van der Waals surface area (Å²) in [5.41, 5.74) is -0.259. The van der Waals surface area contributed by atoms with Crippen molar-refractivity contribution in [2.45, 2.75) is 10.1 Å². The summed E-state index contributed by atoms with van der Waals surface area (Å²) >= 11 is 0.992. The highest BCUT2D eigenvalue weighted by atomic mass is 32.2. The van der Waals surface area contributed by atoms with E-state index in [0.717, 1.165) is 11.8 Å². The standard InChI is InChI=1S/C10H8N2O4S/c1-12-5-4-11-8(9(12)13)17-7-3-2-6(16-7)10(14)15/h2-5H,1H3,(H,14,15). The highest BCUT2D eigenvalue weighted by molar-refractivity contribution is 7.99. The quantitative estimate of drug-likeness (QED) is 0.884. The minimum absolute atomic E-state index is 0.166. The van der Waals surface area contributed by atoms with Gasteiger partial charge in [0.2, 0.25) is 5.76 Å². The molecule has 2 heterocycles. The second kappa shape index (κ2) is 4.46. The first-order chi connectivity index (χ1) is 8.08. The lowest BCUT2D eigenvalue weighted by molar-refractivity contribution is 0.0656. The van der Waals surface area contributed by atoms with E-state index in [1.54, 1.807) is 7.05 Å². The molecule has 0 saturated carbocycles. The third-order valence-electron chi connectivity index (χ3n) is 1.97. The van der Waals surface area contributed by atoms with E-state index in [2.05, 4.69) is 4.98 Å². The zero-order valence-corrected chi connectivity index (χ0v) is 9.60. The van der Waals surface area contributed by atoms with Crippen molar-refractivity contribution in [1.29, 1.82) is 0 Å². The number of furan rings is 1. The maximum absolute atomic E-state index is 11.6. The van der Waals surface area contributed by atoms with Crippen molar-refractivity contribution in [3.8, 4) is 0 Å². The van der Waals surface area contributed by atoms with E-state index in [1.807, 2.05) is 0 Å². The number of nitrogens with zero attached hydrogens (tertiary/aromatic N) is 2. The van der Waals surface area contributed by atoms with Crippen LogP contribution < -0.4 is 5.56 Å². The van der Waals surface area contributed by atoms with E-state index in [0.29, 0.717) is 5.09 Å². The van der Waals surface area contributed by atoms with E-state index in [4.69, 9.17) is 9.52 Å². The summed E-state index contributed by atoms with van der Waals surface area (Å²) in [6.45, 7) is 0. The van der Waals surface area contributed by atoms with Gasteiger partial charge in [-0.15, -0.1) is 0 Å². The van der Waals surface area contributed by atoms with Gasteiger partial charge in [0.25, 0.3) is 5.56 Å². The lowest BCUT2D eigenvalue weighted by atomic mass is 10.5. The summed E-state index contributed by atoms with van der Waals surface area (Å²) in [6, 6.07) is 2.82. The molecule has 88 valence electrons. The lowest BCUT2D eigenvalue weighted by Crippen LogP contribution is -2.18. The zero-order valence-electron chi connectivity index (χ0n) is 8.78. The molecule has 0 aromatic carbocycles. The molecule has 0 fully saturated rings. The molecule has 0 aliphatic rings. The van der Waals surface area contributed by atoms with Crippen molar-refractivity contribution in [3.05, 3.63) is 40.6 Å². The minimum atomic E-state index is -1.15. The van der Waals surface area contributed by atoms with Gasteiger partial charge in [-0.2, -0.15) is 0 Å². The maximum atomic E-state index is 11.6. The fourth-order valence-electron chi connectivity index (χ4n) is 1.13. The van der Waals surface area contributed by atoms with Crippen molar-refractivity contribution in [1.82, 2.24) is 9.55 Å². The molecule has 2 rings (SSSR count). The van der Waals surface area contributed by atoms with Crippen LogP contribution in [0.2, 0.25) is 0 Å². The van der Waals surface area contributed by atoms with Gasteiger partial charge in [-0.05, 0) is 23.9 Å². The van der Waals surface area contributed by atoms with E-state index < -0.39 is 5.97 Å². The van der Waals surface area contributed by atoms with Gasteiger partial charge in [0.05, 0.1) is 0 Å². The largest absolute Gasteiger partial charge is 0.475 e. The summed E-state index contributed by atoms with van der Waals surface area (Å²) in [7, 11) is 1.61. The lowest BCUT2D eigenvalue weighted by Gasteiger charge is -1.99. The monoisotopic (exact) mass is 252 g/mol. The van der Waals surface area contributed by atoms with Crippen LogP contribution in [-0.4, -0.2) is 20.6 Å². The predicted molar refractivity (Wildman–Crippen MR) is 59.3 cm³/mol. The Bertz CT molecular complexity index is 617. The normalized spacial score (nSPS) is 10.4. The minimum Gasteiger partial charge on any atom is -0.475 e. The third-order valence-corrected chi connectivity index (χ3v) is 2.87. The molecular weight excluding hydrogens is 244 g/mol. The van der Waals surface area contributed by atoms with Gasteiger partial charge in [-0.25, -0.2) is 9.78 Å². The molecule has 0 atom stereocenters. The average Bonchev–Trinajstić information content (AvgIpc) is 2.73. The number of rotatable bonds is 3. The number of carboxylic acids is 1. The number of hydrogen-bond donors (Lipinski definition) is 1. The molecule has 0 bridgehead atoms. The number of hydrogen-bond acceptors (Lipinski definition) is 5. The Morgan fingerprint density at radius 1 is 1.53 bits per heavy atom. The first-order valence-electron chi connectivity index (χ1n) is 4.60. The fraction of sp³-hybridized carbons (Fsp3) is 0.100. The molecular formula is C10H8N2O4S. The van der Waals surface area contributed by atoms with Crippen molar-refractivity contribution >= 4 is 17.7 Å². The van der Waals surface area contributed by atoms with Gasteiger partial charge in [0.15, 0.2) is 10.1 Å². The highest BCUT2D eigenvalue weighted by Gasteiger charge is 2.12. The van der Waals surface area contributed by atoms with E-state index in [-0.39, 0.29) is 16.3 Å². The smallest absolute Gasteiger partial charge is 0.371 e. The topological polar surface area (TPSA) is 85.3 Å². The SMILES string of the molecule is Cn1ccnc(Sc2ccc(C(=O)O)o2)c1=O.